The predicted octanol–water partition coefficient (Wildman–Crippen LogP) is 3.08. The van der Waals surface area contributed by atoms with Gasteiger partial charge in [-0.2, -0.15) is 0 Å². The lowest BCUT2D eigenvalue weighted by molar-refractivity contribution is 0.232. The molecule has 0 aromatic carbocycles. The summed E-state index contributed by atoms with van der Waals surface area (Å²) in [5, 5.41) is 3.43. The molecule has 1 aromatic rings. The summed E-state index contributed by atoms with van der Waals surface area (Å²) in [5.74, 6) is 1.37. The Morgan fingerprint density at radius 1 is 1.41 bits per heavy atom. The molecule has 0 saturated heterocycles. The number of halogens is 1. The Balaban J connectivity index is 2.43. The van der Waals surface area contributed by atoms with Crippen LogP contribution >= 0.6 is 11.6 Å². The fraction of sp³-hybridized carbons (Fsp3) is 0.667. The van der Waals surface area contributed by atoms with Gasteiger partial charge in [0.1, 0.15) is 12.1 Å². The monoisotopic (exact) mass is 257 g/mol. The van der Waals surface area contributed by atoms with Crippen LogP contribution in [0.5, 0.6) is 5.88 Å². The van der Waals surface area contributed by atoms with Crippen molar-refractivity contribution in [3.05, 3.63) is 12.4 Å². The Kier molecular flexibility index (Phi) is 6.05. The molecule has 4 nitrogen and oxygen atoms in total. The fourth-order valence-corrected chi connectivity index (χ4v) is 1.41. The zero-order valence-electron chi connectivity index (χ0n) is 10.6. The largest absolute Gasteiger partial charge is 0.475 e. The SMILES string of the molecule is CCC(Cl)CCNc1cc(OC(C)C)ncn1. The van der Waals surface area contributed by atoms with E-state index >= 15 is 0 Å². The first-order chi connectivity index (χ1) is 8.11. The van der Waals surface area contributed by atoms with Crippen molar-refractivity contribution in [2.75, 3.05) is 11.9 Å². The van der Waals surface area contributed by atoms with Gasteiger partial charge in [0.15, 0.2) is 0 Å². The fourth-order valence-electron chi connectivity index (χ4n) is 1.30. The zero-order chi connectivity index (χ0) is 12.7. The molecule has 1 aromatic heterocycles. The number of nitrogens with one attached hydrogen (secondary N) is 1. The maximum Gasteiger partial charge on any atom is 0.218 e. The van der Waals surface area contributed by atoms with Crippen LogP contribution in [0.4, 0.5) is 5.82 Å². The first kappa shape index (κ1) is 14.0. The molecule has 1 unspecified atom stereocenters. The number of ether oxygens (including phenoxy) is 1. The van der Waals surface area contributed by atoms with Crippen molar-refractivity contribution < 1.29 is 4.74 Å². The highest BCUT2D eigenvalue weighted by Crippen LogP contribution is 2.13. The van der Waals surface area contributed by atoms with E-state index in [2.05, 4.69) is 22.2 Å². The summed E-state index contributed by atoms with van der Waals surface area (Å²) in [7, 11) is 0. The Hall–Kier alpha value is -1.03. The smallest absolute Gasteiger partial charge is 0.218 e. The van der Waals surface area contributed by atoms with Gasteiger partial charge in [0.2, 0.25) is 5.88 Å². The quantitative estimate of drug-likeness (QED) is 0.763. The third kappa shape index (κ3) is 5.73. The van der Waals surface area contributed by atoms with Gasteiger partial charge in [0.25, 0.3) is 0 Å². The highest BCUT2D eigenvalue weighted by molar-refractivity contribution is 6.20. The van der Waals surface area contributed by atoms with E-state index in [-0.39, 0.29) is 11.5 Å². The first-order valence-electron chi connectivity index (χ1n) is 5.98. The van der Waals surface area contributed by atoms with Gasteiger partial charge in [-0.1, -0.05) is 6.92 Å². The lowest BCUT2D eigenvalue weighted by atomic mass is 10.2. The third-order valence-electron chi connectivity index (χ3n) is 2.21. The van der Waals surface area contributed by atoms with Gasteiger partial charge < -0.3 is 10.1 Å². The van der Waals surface area contributed by atoms with Gasteiger partial charge in [-0.3, -0.25) is 0 Å². The molecule has 0 aliphatic carbocycles. The number of hydrogen-bond donors (Lipinski definition) is 1. The lowest BCUT2D eigenvalue weighted by Crippen LogP contribution is -2.10. The van der Waals surface area contributed by atoms with E-state index in [0.717, 1.165) is 25.2 Å². The minimum Gasteiger partial charge on any atom is -0.475 e. The van der Waals surface area contributed by atoms with Crippen molar-refractivity contribution in [2.24, 2.45) is 0 Å². The second kappa shape index (κ2) is 7.33. The average Bonchev–Trinajstić information content (AvgIpc) is 2.28. The van der Waals surface area contributed by atoms with Crippen LogP contribution in [0.2, 0.25) is 0 Å². The molecular formula is C12H20ClN3O. The molecule has 1 heterocycles. The standard InChI is InChI=1S/C12H20ClN3O/c1-4-10(13)5-6-14-11-7-12(16-8-15-11)17-9(2)3/h7-10H,4-6H2,1-3H3,(H,14,15,16). The number of anilines is 1. The Bertz CT molecular complexity index is 333. The summed E-state index contributed by atoms with van der Waals surface area (Å²) in [5.41, 5.74) is 0. The molecule has 17 heavy (non-hydrogen) atoms. The number of alkyl halides is 1. The van der Waals surface area contributed by atoms with Crippen molar-refractivity contribution in [1.29, 1.82) is 0 Å². The van der Waals surface area contributed by atoms with E-state index in [1.807, 2.05) is 13.8 Å². The van der Waals surface area contributed by atoms with Gasteiger partial charge in [-0.15, -0.1) is 11.6 Å². The van der Waals surface area contributed by atoms with Crippen LogP contribution in [0.3, 0.4) is 0 Å². The summed E-state index contributed by atoms with van der Waals surface area (Å²) in [6.45, 7) is 6.82. The van der Waals surface area contributed by atoms with Crippen LogP contribution in [-0.2, 0) is 0 Å². The summed E-state index contributed by atoms with van der Waals surface area (Å²) in [4.78, 5) is 8.16. The lowest BCUT2D eigenvalue weighted by Gasteiger charge is -2.11. The number of nitrogens with zero attached hydrogens (tertiary/aromatic N) is 2. The van der Waals surface area contributed by atoms with Crippen molar-refractivity contribution in [3.8, 4) is 5.88 Å². The predicted molar refractivity (Wildman–Crippen MR) is 70.8 cm³/mol. The van der Waals surface area contributed by atoms with Crippen LogP contribution in [0, 0.1) is 0 Å². The molecule has 0 spiro atoms. The third-order valence-corrected chi connectivity index (χ3v) is 2.73. The van der Waals surface area contributed by atoms with E-state index in [0.29, 0.717) is 5.88 Å². The second-order valence-corrected chi connectivity index (χ2v) is 4.75. The molecule has 5 heteroatoms. The van der Waals surface area contributed by atoms with Crippen molar-refractivity contribution >= 4 is 17.4 Å². The van der Waals surface area contributed by atoms with E-state index < -0.39 is 0 Å². The zero-order valence-corrected chi connectivity index (χ0v) is 11.4. The summed E-state index contributed by atoms with van der Waals surface area (Å²) in [6, 6.07) is 1.80. The maximum absolute atomic E-state index is 6.03. The molecule has 0 aliphatic rings. The Labute approximate surface area is 108 Å². The average molecular weight is 258 g/mol. The highest BCUT2D eigenvalue weighted by atomic mass is 35.5. The number of hydrogen-bond acceptors (Lipinski definition) is 4. The molecule has 0 radical (unpaired) electrons. The molecule has 1 atom stereocenters. The van der Waals surface area contributed by atoms with Gasteiger partial charge in [0.05, 0.1) is 6.10 Å². The molecule has 0 fully saturated rings. The molecule has 0 amide bonds. The van der Waals surface area contributed by atoms with Crippen LogP contribution < -0.4 is 10.1 Å². The van der Waals surface area contributed by atoms with Gasteiger partial charge in [0, 0.05) is 18.0 Å². The topological polar surface area (TPSA) is 47.0 Å². The molecule has 96 valence electrons. The summed E-state index contributed by atoms with van der Waals surface area (Å²) >= 11 is 6.03. The van der Waals surface area contributed by atoms with Gasteiger partial charge in [-0.05, 0) is 26.7 Å². The number of rotatable bonds is 7. The van der Waals surface area contributed by atoms with Crippen LogP contribution in [0.25, 0.3) is 0 Å². The normalized spacial score (nSPS) is 12.5. The van der Waals surface area contributed by atoms with E-state index in [1.165, 1.54) is 6.33 Å². The molecule has 1 rings (SSSR count). The molecule has 0 aliphatic heterocycles. The highest BCUT2D eigenvalue weighted by Gasteiger charge is 2.03. The van der Waals surface area contributed by atoms with Crippen LogP contribution in [0.15, 0.2) is 12.4 Å². The maximum atomic E-state index is 6.03. The molecule has 0 bridgehead atoms. The molecule has 1 N–H and O–H groups in total. The minimum absolute atomic E-state index is 0.116. The first-order valence-corrected chi connectivity index (χ1v) is 6.42. The van der Waals surface area contributed by atoms with E-state index in [1.54, 1.807) is 6.07 Å². The summed E-state index contributed by atoms with van der Waals surface area (Å²) in [6.07, 6.45) is 3.51. The Morgan fingerprint density at radius 3 is 2.82 bits per heavy atom. The second-order valence-electron chi connectivity index (χ2n) is 4.13. The number of aromatic nitrogens is 2. The van der Waals surface area contributed by atoms with Crippen molar-refractivity contribution in [1.82, 2.24) is 9.97 Å². The van der Waals surface area contributed by atoms with E-state index in [9.17, 15) is 0 Å². The molecular weight excluding hydrogens is 238 g/mol. The van der Waals surface area contributed by atoms with Crippen molar-refractivity contribution in [2.45, 2.75) is 45.1 Å². The van der Waals surface area contributed by atoms with Gasteiger partial charge in [-0.25, -0.2) is 9.97 Å². The van der Waals surface area contributed by atoms with Gasteiger partial charge >= 0.3 is 0 Å². The van der Waals surface area contributed by atoms with E-state index in [4.69, 9.17) is 16.3 Å². The Morgan fingerprint density at radius 2 is 2.18 bits per heavy atom. The van der Waals surface area contributed by atoms with Crippen LogP contribution in [-0.4, -0.2) is 28.0 Å². The molecule has 0 saturated carbocycles. The van der Waals surface area contributed by atoms with Crippen LogP contribution in [0.1, 0.15) is 33.6 Å². The summed E-state index contributed by atoms with van der Waals surface area (Å²) < 4.78 is 5.49. The minimum atomic E-state index is 0.116. The van der Waals surface area contributed by atoms with Crippen molar-refractivity contribution in [3.63, 3.8) is 0 Å².